The number of hydrogen-bond acceptors (Lipinski definition) is 3. The summed E-state index contributed by atoms with van der Waals surface area (Å²) < 4.78 is 0. The van der Waals surface area contributed by atoms with E-state index in [-0.39, 0.29) is 18.5 Å². The first-order chi connectivity index (χ1) is 9.53. The molecule has 0 aromatic rings. The van der Waals surface area contributed by atoms with Crippen LogP contribution in [0.15, 0.2) is 0 Å². The fourth-order valence-electron chi connectivity index (χ4n) is 2.07. The van der Waals surface area contributed by atoms with Crippen LogP contribution in [0.25, 0.3) is 0 Å². The standard InChI is InChI=1S/C14H29N3O3/c1-4-8-12(11-13(18)19)16-14(20)15-9-7-10-17(5-2)6-3/h12H,4-11H2,1-3H3,(H,18,19)(H2,15,16,20). The fraction of sp³-hybridized carbons (Fsp3) is 0.857. The SMILES string of the molecule is CCCC(CC(=O)O)NC(=O)NCCCN(CC)CC. The lowest BCUT2D eigenvalue weighted by atomic mass is 10.1. The fourth-order valence-corrected chi connectivity index (χ4v) is 2.07. The summed E-state index contributed by atoms with van der Waals surface area (Å²) in [5.74, 6) is -0.884. The first-order valence-electron chi connectivity index (χ1n) is 7.51. The van der Waals surface area contributed by atoms with E-state index in [0.717, 1.165) is 32.5 Å². The number of nitrogens with one attached hydrogen (secondary N) is 2. The number of amides is 2. The molecule has 0 radical (unpaired) electrons. The van der Waals surface area contributed by atoms with Gasteiger partial charge in [0.25, 0.3) is 0 Å². The minimum atomic E-state index is -0.884. The Bertz CT molecular complexity index is 281. The zero-order valence-corrected chi connectivity index (χ0v) is 12.9. The van der Waals surface area contributed by atoms with Crippen LogP contribution in [0.2, 0.25) is 0 Å². The van der Waals surface area contributed by atoms with E-state index in [2.05, 4.69) is 29.4 Å². The van der Waals surface area contributed by atoms with Crippen molar-refractivity contribution in [3.8, 4) is 0 Å². The summed E-state index contributed by atoms with van der Waals surface area (Å²) in [6, 6.07) is -0.565. The van der Waals surface area contributed by atoms with Gasteiger partial charge >= 0.3 is 12.0 Å². The summed E-state index contributed by atoms with van der Waals surface area (Å²) in [4.78, 5) is 24.7. The molecule has 0 saturated heterocycles. The summed E-state index contributed by atoms with van der Waals surface area (Å²) in [5, 5.41) is 14.3. The third-order valence-electron chi connectivity index (χ3n) is 3.22. The normalized spacial score (nSPS) is 12.2. The molecular formula is C14H29N3O3. The van der Waals surface area contributed by atoms with Gasteiger partial charge in [0.2, 0.25) is 0 Å². The highest BCUT2D eigenvalue weighted by atomic mass is 16.4. The van der Waals surface area contributed by atoms with Crippen molar-refractivity contribution in [1.29, 1.82) is 0 Å². The molecule has 0 spiro atoms. The van der Waals surface area contributed by atoms with E-state index in [9.17, 15) is 9.59 Å². The summed E-state index contributed by atoms with van der Waals surface area (Å²) in [5.41, 5.74) is 0. The highest BCUT2D eigenvalue weighted by molar-refractivity contribution is 5.75. The molecule has 1 atom stereocenters. The second-order valence-electron chi connectivity index (χ2n) is 4.86. The number of urea groups is 1. The minimum Gasteiger partial charge on any atom is -0.481 e. The van der Waals surface area contributed by atoms with Crippen LogP contribution in [0.5, 0.6) is 0 Å². The quantitative estimate of drug-likeness (QED) is 0.505. The molecule has 6 nitrogen and oxygen atoms in total. The predicted octanol–water partition coefficient (Wildman–Crippen LogP) is 1.66. The smallest absolute Gasteiger partial charge is 0.315 e. The molecule has 0 aliphatic rings. The second-order valence-corrected chi connectivity index (χ2v) is 4.86. The number of carbonyl (C=O) groups is 2. The lowest BCUT2D eigenvalue weighted by Gasteiger charge is -2.19. The third kappa shape index (κ3) is 9.61. The van der Waals surface area contributed by atoms with Crippen LogP contribution in [0, 0.1) is 0 Å². The Morgan fingerprint density at radius 3 is 2.35 bits per heavy atom. The van der Waals surface area contributed by atoms with E-state index >= 15 is 0 Å². The molecule has 3 N–H and O–H groups in total. The lowest BCUT2D eigenvalue weighted by molar-refractivity contribution is -0.137. The van der Waals surface area contributed by atoms with Crippen LogP contribution >= 0.6 is 0 Å². The van der Waals surface area contributed by atoms with Gasteiger partial charge in [-0.1, -0.05) is 27.2 Å². The van der Waals surface area contributed by atoms with Crippen LogP contribution in [0.1, 0.15) is 46.5 Å². The van der Waals surface area contributed by atoms with Crippen molar-refractivity contribution in [2.75, 3.05) is 26.2 Å². The third-order valence-corrected chi connectivity index (χ3v) is 3.22. The molecule has 0 saturated carbocycles. The zero-order valence-electron chi connectivity index (χ0n) is 12.9. The molecule has 0 rings (SSSR count). The van der Waals surface area contributed by atoms with Crippen molar-refractivity contribution in [2.45, 2.75) is 52.5 Å². The molecule has 0 fully saturated rings. The van der Waals surface area contributed by atoms with Crippen LogP contribution in [-0.4, -0.2) is 54.2 Å². The van der Waals surface area contributed by atoms with E-state index < -0.39 is 5.97 Å². The van der Waals surface area contributed by atoms with Gasteiger partial charge in [-0.15, -0.1) is 0 Å². The number of carboxylic acid groups (broad SMARTS) is 1. The van der Waals surface area contributed by atoms with Gasteiger partial charge in [0, 0.05) is 12.6 Å². The molecule has 0 aromatic carbocycles. The van der Waals surface area contributed by atoms with E-state index in [4.69, 9.17) is 5.11 Å². The predicted molar refractivity (Wildman–Crippen MR) is 79.9 cm³/mol. The van der Waals surface area contributed by atoms with E-state index in [1.807, 2.05) is 6.92 Å². The van der Waals surface area contributed by atoms with Crippen LogP contribution < -0.4 is 10.6 Å². The summed E-state index contributed by atoms with van der Waals surface area (Å²) in [7, 11) is 0. The Balaban J connectivity index is 3.86. The number of nitrogens with zero attached hydrogens (tertiary/aromatic N) is 1. The van der Waals surface area contributed by atoms with Gasteiger partial charge in [-0.3, -0.25) is 4.79 Å². The highest BCUT2D eigenvalue weighted by Gasteiger charge is 2.14. The number of hydrogen-bond donors (Lipinski definition) is 3. The van der Waals surface area contributed by atoms with Crippen molar-refractivity contribution in [2.24, 2.45) is 0 Å². The van der Waals surface area contributed by atoms with Crippen molar-refractivity contribution in [3.63, 3.8) is 0 Å². The van der Waals surface area contributed by atoms with Crippen LogP contribution in [-0.2, 0) is 4.79 Å². The average molecular weight is 287 g/mol. The molecule has 0 heterocycles. The van der Waals surface area contributed by atoms with Gasteiger partial charge in [-0.2, -0.15) is 0 Å². The summed E-state index contributed by atoms with van der Waals surface area (Å²) in [6.07, 6.45) is 2.40. The molecule has 6 heteroatoms. The Labute approximate surface area is 121 Å². The molecule has 118 valence electrons. The van der Waals surface area contributed by atoms with Crippen molar-refractivity contribution in [3.05, 3.63) is 0 Å². The Kier molecular flexibility index (Phi) is 10.8. The lowest BCUT2D eigenvalue weighted by Crippen LogP contribution is -2.43. The Morgan fingerprint density at radius 1 is 1.20 bits per heavy atom. The molecule has 0 aromatic heterocycles. The monoisotopic (exact) mass is 287 g/mol. The first kappa shape index (κ1) is 18.7. The van der Waals surface area contributed by atoms with Gasteiger partial charge in [0.1, 0.15) is 0 Å². The second kappa shape index (κ2) is 11.5. The average Bonchev–Trinajstić information content (AvgIpc) is 2.38. The number of carboxylic acids is 1. The molecular weight excluding hydrogens is 258 g/mol. The molecule has 20 heavy (non-hydrogen) atoms. The van der Waals surface area contributed by atoms with Gasteiger partial charge in [-0.25, -0.2) is 4.79 Å². The van der Waals surface area contributed by atoms with Crippen molar-refractivity contribution >= 4 is 12.0 Å². The van der Waals surface area contributed by atoms with Gasteiger partial charge < -0.3 is 20.6 Å². The van der Waals surface area contributed by atoms with Crippen molar-refractivity contribution in [1.82, 2.24) is 15.5 Å². The van der Waals surface area contributed by atoms with Gasteiger partial charge in [0.15, 0.2) is 0 Å². The maximum Gasteiger partial charge on any atom is 0.315 e. The maximum atomic E-state index is 11.7. The van der Waals surface area contributed by atoms with E-state index in [0.29, 0.717) is 13.0 Å². The highest BCUT2D eigenvalue weighted by Crippen LogP contribution is 2.01. The number of carbonyl (C=O) groups excluding carboxylic acids is 1. The summed E-state index contributed by atoms with van der Waals surface area (Å²) >= 11 is 0. The largest absolute Gasteiger partial charge is 0.481 e. The molecule has 0 bridgehead atoms. The number of rotatable bonds is 11. The Morgan fingerprint density at radius 2 is 1.85 bits per heavy atom. The minimum absolute atomic E-state index is 0.0271. The molecule has 1 unspecified atom stereocenters. The Hall–Kier alpha value is -1.30. The van der Waals surface area contributed by atoms with Crippen LogP contribution in [0.4, 0.5) is 4.79 Å². The first-order valence-corrected chi connectivity index (χ1v) is 7.51. The molecule has 0 aliphatic heterocycles. The number of aliphatic carboxylic acids is 1. The molecule has 0 aliphatic carbocycles. The van der Waals surface area contributed by atoms with E-state index in [1.54, 1.807) is 0 Å². The maximum absolute atomic E-state index is 11.7. The topological polar surface area (TPSA) is 81.7 Å². The van der Waals surface area contributed by atoms with Crippen LogP contribution in [0.3, 0.4) is 0 Å². The van der Waals surface area contributed by atoms with Gasteiger partial charge in [-0.05, 0) is 32.5 Å². The van der Waals surface area contributed by atoms with Crippen molar-refractivity contribution < 1.29 is 14.7 Å². The van der Waals surface area contributed by atoms with E-state index in [1.165, 1.54) is 0 Å². The summed E-state index contributed by atoms with van der Waals surface area (Å²) in [6.45, 7) is 9.79. The molecule has 2 amide bonds. The zero-order chi connectivity index (χ0) is 15.4. The van der Waals surface area contributed by atoms with Gasteiger partial charge in [0.05, 0.1) is 6.42 Å².